The molecule has 0 bridgehead atoms. The summed E-state index contributed by atoms with van der Waals surface area (Å²) in [6, 6.07) is -2.04. The maximum Gasteiger partial charge on any atom is 0.455 e. The largest absolute Gasteiger partial charge is 0.504 e. The van der Waals surface area contributed by atoms with Gasteiger partial charge < -0.3 is 15.6 Å². The maximum atomic E-state index is 13.2. The van der Waals surface area contributed by atoms with Gasteiger partial charge in [0.1, 0.15) is 6.04 Å². The number of nitrogens with two attached hydrogens (primary N) is 1. The summed E-state index contributed by atoms with van der Waals surface area (Å²) in [4.78, 5) is 9.57. The number of nitro benzene ring substituents is 1. The lowest BCUT2D eigenvalue weighted by Gasteiger charge is -2.26. The van der Waals surface area contributed by atoms with Gasteiger partial charge in [0, 0.05) is 11.6 Å². The van der Waals surface area contributed by atoms with Gasteiger partial charge in [-0.15, -0.1) is 0 Å². The Morgan fingerprint density at radius 2 is 1.86 bits per heavy atom. The molecule has 21 heavy (non-hydrogen) atoms. The quantitative estimate of drug-likeness (QED) is 0.505. The standard InChI is InChI=1S/C10H9F5N2O4/c1-21-6-3-4(17(19)20)2-5(7(6)18)8(16)9(11,12)10(13,14)15/h2-3,8,18H,16H2,1H3/t8-/m1/s1. The molecule has 0 heterocycles. The van der Waals surface area contributed by atoms with Gasteiger partial charge in [-0.3, -0.25) is 10.1 Å². The number of alkyl halides is 5. The van der Waals surface area contributed by atoms with Gasteiger partial charge in [0.25, 0.3) is 5.69 Å². The van der Waals surface area contributed by atoms with Crippen molar-refractivity contribution < 1.29 is 36.7 Å². The Kier molecular flexibility index (Phi) is 4.27. The molecule has 0 saturated heterocycles. The summed E-state index contributed by atoms with van der Waals surface area (Å²) in [5.41, 5.74) is 2.84. The highest BCUT2D eigenvalue weighted by molar-refractivity contribution is 5.55. The highest BCUT2D eigenvalue weighted by Gasteiger charge is 2.62. The summed E-state index contributed by atoms with van der Waals surface area (Å²) in [6.07, 6.45) is -5.99. The van der Waals surface area contributed by atoms with Crippen molar-refractivity contribution in [1.82, 2.24) is 0 Å². The number of hydrogen-bond donors (Lipinski definition) is 2. The number of non-ortho nitro benzene ring substituents is 1. The molecule has 0 aliphatic rings. The lowest BCUT2D eigenvalue weighted by molar-refractivity contribution is -0.385. The molecule has 0 spiro atoms. The van der Waals surface area contributed by atoms with Crippen LogP contribution < -0.4 is 10.5 Å². The second kappa shape index (κ2) is 5.31. The number of hydrogen-bond acceptors (Lipinski definition) is 5. The number of halogens is 5. The summed E-state index contributed by atoms with van der Waals surface area (Å²) in [5, 5.41) is 20.2. The van der Waals surface area contributed by atoms with Crippen LogP contribution in [0.3, 0.4) is 0 Å². The number of phenols is 1. The molecular weight excluding hydrogens is 307 g/mol. The Bertz CT molecular complexity index is 561. The molecule has 1 atom stereocenters. The van der Waals surface area contributed by atoms with Gasteiger partial charge in [0.15, 0.2) is 11.5 Å². The van der Waals surface area contributed by atoms with Crippen LogP contribution in [0.25, 0.3) is 0 Å². The number of ether oxygens (including phenoxy) is 1. The van der Waals surface area contributed by atoms with E-state index >= 15 is 0 Å². The SMILES string of the molecule is COc1cc([N+](=O)[O-])cc([C@@H](N)C(F)(F)C(F)(F)F)c1O. The van der Waals surface area contributed by atoms with E-state index in [0.717, 1.165) is 7.11 Å². The molecule has 0 aromatic heterocycles. The predicted octanol–water partition coefficient (Wildman–Crippen LogP) is 2.51. The number of aromatic hydroxyl groups is 1. The highest BCUT2D eigenvalue weighted by Crippen LogP contribution is 2.47. The van der Waals surface area contributed by atoms with E-state index in [1.165, 1.54) is 0 Å². The Hall–Kier alpha value is -2.17. The summed E-state index contributed by atoms with van der Waals surface area (Å²) in [7, 11) is 0.940. The van der Waals surface area contributed by atoms with Gasteiger partial charge in [-0.05, 0) is 0 Å². The summed E-state index contributed by atoms with van der Waals surface area (Å²) in [5.74, 6) is -7.17. The van der Waals surface area contributed by atoms with Gasteiger partial charge in [-0.1, -0.05) is 0 Å². The van der Waals surface area contributed by atoms with Crippen molar-refractivity contribution in [3.8, 4) is 11.5 Å². The molecule has 0 aliphatic carbocycles. The second-order valence-electron chi connectivity index (χ2n) is 3.94. The Balaban J connectivity index is 3.48. The minimum Gasteiger partial charge on any atom is -0.504 e. The lowest BCUT2D eigenvalue weighted by atomic mass is 9.99. The van der Waals surface area contributed by atoms with Gasteiger partial charge in [0.05, 0.1) is 18.1 Å². The molecule has 1 aromatic carbocycles. The second-order valence-corrected chi connectivity index (χ2v) is 3.94. The monoisotopic (exact) mass is 316 g/mol. The van der Waals surface area contributed by atoms with Gasteiger partial charge in [0.2, 0.25) is 0 Å². The van der Waals surface area contributed by atoms with Crippen LogP contribution in [0.4, 0.5) is 27.6 Å². The van der Waals surface area contributed by atoms with Crippen molar-refractivity contribution in [3.05, 3.63) is 27.8 Å². The van der Waals surface area contributed by atoms with E-state index in [9.17, 15) is 37.2 Å². The van der Waals surface area contributed by atoms with Crippen molar-refractivity contribution in [3.63, 3.8) is 0 Å². The zero-order valence-corrected chi connectivity index (χ0v) is 10.3. The first-order chi connectivity index (χ1) is 9.43. The highest BCUT2D eigenvalue weighted by atomic mass is 19.4. The van der Waals surface area contributed by atoms with E-state index in [4.69, 9.17) is 5.73 Å². The smallest absolute Gasteiger partial charge is 0.455 e. The third kappa shape index (κ3) is 2.96. The van der Waals surface area contributed by atoms with Gasteiger partial charge in [-0.25, -0.2) is 0 Å². The number of nitro groups is 1. The number of phenolic OH excluding ortho intramolecular Hbond substituents is 1. The van der Waals surface area contributed by atoms with Crippen molar-refractivity contribution in [2.75, 3.05) is 7.11 Å². The Labute approximate surface area is 114 Å². The topological polar surface area (TPSA) is 98.6 Å². The van der Waals surface area contributed by atoms with Crippen molar-refractivity contribution >= 4 is 5.69 Å². The van der Waals surface area contributed by atoms with Gasteiger partial charge in [-0.2, -0.15) is 22.0 Å². The Morgan fingerprint density at radius 3 is 2.24 bits per heavy atom. The van der Waals surface area contributed by atoms with E-state index in [1.54, 1.807) is 0 Å². The number of benzene rings is 1. The number of rotatable bonds is 4. The average molecular weight is 316 g/mol. The van der Waals surface area contributed by atoms with Crippen molar-refractivity contribution in [1.29, 1.82) is 0 Å². The van der Waals surface area contributed by atoms with Crippen molar-refractivity contribution in [2.45, 2.75) is 18.1 Å². The molecule has 0 radical (unpaired) electrons. The van der Waals surface area contributed by atoms with E-state index in [-0.39, 0.29) is 0 Å². The molecular formula is C10H9F5N2O4. The molecule has 0 saturated carbocycles. The third-order valence-electron chi connectivity index (χ3n) is 2.62. The fourth-order valence-corrected chi connectivity index (χ4v) is 1.48. The lowest BCUT2D eigenvalue weighted by Crippen LogP contribution is -2.45. The molecule has 0 aliphatic heterocycles. The number of methoxy groups -OCH3 is 1. The molecule has 3 N–H and O–H groups in total. The summed E-state index contributed by atoms with van der Waals surface area (Å²) < 4.78 is 67.7. The fourth-order valence-electron chi connectivity index (χ4n) is 1.48. The predicted molar refractivity (Wildman–Crippen MR) is 59.2 cm³/mol. The van der Waals surface area contributed by atoms with E-state index in [1.807, 2.05) is 0 Å². The first kappa shape index (κ1) is 16.9. The molecule has 0 amide bonds. The van der Waals surface area contributed by atoms with Crippen LogP contribution >= 0.6 is 0 Å². The zero-order valence-electron chi connectivity index (χ0n) is 10.3. The van der Waals surface area contributed by atoms with Crippen LogP contribution in [-0.4, -0.2) is 29.2 Å². The number of nitrogens with zero attached hydrogens (tertiary/aromatic N) is 1. The summed E-state index contributed by atoms with van der Waals surface area (Å²) in [6.45, 7) is 0. The molecule has 0 unspecified atom stereocenters. The molecule has 1 rings (SSSR count). The first-order valence-corrected chi connectivity index (χ1v) is 5.19. The molecule has 6 nitrogen and oxygen atoms in total. The zero-order chi connectivity index (χ0) is 16.6. The Morgan fingerprint density at radius 1 is 1.33 bits per heavy atom. The summed E-state index contributed by atoms with van der Waals surface area (Å²) >= 11 is 0. The minimum absolute atomic E-state index is 0.335. The minimum atomic E-state index is -5.99. The van der Waals surface area contributed by atoms with E-state index in [0.29, 0.717) is 12.1 Å². The van der Waals surface area contributed by atoms with Crippen molar-refractivity contribution in [2.24, 2.45) is 5.73 Å². The van der Waals surface area contributed by atoms with E-state index in [2.05, 4.69) is 4.74 Å². The van der Waals surface area contributed by atoms with E-state index < -0.39 is 45.8 Å². The van der Waals surface area contributed by atoms with Crippen LogP contribution in [0.2, 0.25) is 0 Å². The van der Waals surface area contributed by atoms with Crippen LogP contribution in [0, 0.1) is 10.1 Å². The third-order valence-corrected chi connectivity index (χ3v) is 2.62. The van der Waals surface area contributed by atoms with Crippen LogP contribution in [0.5, 0.6) is 11.5 Å². The molecule has 11 heteroatoms. The molecule has 0 fully saturated rings. The molecule has 118 valence electrons. The fraction of sp³-hybridized carbons (Fsp3) is 0.400. The van der Waals surface area contributed by atoms with Gasteiger partial charge >= 0.3 is 12.1 Å². The van der Waals surface area contributed by atoms with Crippen LogP contribution in [-0.2, 0) is 0 Å². The van der Waals surface area contributed by atoms with Crippen LogP contribution in [0.1, 0.15) is 11.6 Å². The average Bonchev–Trinajstić information content (AvgIpc) is 2.36. The maximum absolute atomic E-state index is 13.2. The normalized spacial score (nSPS) is 13.9. The van der Waals surface area contributed by atoms with Crippen LogP contribution in [0.15, 0.2) is 12.1 Å². The first-order valence-electron chi connectivity index (χ1n) is 5.19. The molecule has 1 aromatic rings.